The number of rotatable bonds is 8. The highest BCUT2D eigenvalue weighted by Crippen LogP contribution is 2.45. The topological polar surface area (TPSA) is 96.4 Å². The number of fused-ring (bicyclic) bond motifs is 1. The van der Waals surface area contributed by atoms with Crippen molar-refractivity contribution < 1.29 is 41.0 Å². The lowest BCUT2D eigenvalue weighted by atomic mass is 9.90. The number of aliphatic carboxylic acids is 1. The Labute approximate surface area is 239 Å². The summed E-state index contributed by atoms with van der Waals surface area (Å²) in [5, 5.41) is 9.66. The quantitative estimate of drug-likeness (QED) is 0.345. The Kier molecular flexibility index (Phi) is 7.73. The minimum Gasteiger partial charge on any atom is -0.495 e. The van der Waals surface area contributed by atoms with E-state index in [0.717, 1.165) is 33.8 Å². The zero-order valence-corrected chi connectivity index (χ0v) is 23.3. The fourth-order valence-electron chi connectivity index (χ4n) is 5.04. The van der Waals surface area contributed by atoms with Gasteiger partial charge >= 0.3 is 12.1 Å². The van der Waals surface area contributed by atoms with Crippen molar-refractivity contribution in [1.82, 2.24) is 0 Å². The van der Waals surface area contributed by atoms with Gasteiger partial charge in [0.15, 0.2) is 0 Å². The van der Waals surface area contributed by atoms with Crippen LogP contribution in [0.1, 0.15) is 29.9 Å². The van der Waals surface area contributed by atoms with Gasteiger partial charge in [0.25, 0.3) is 10.0 Å². The van der Waals surface area contributed by atoms with Gasteiger partial charge in [-0.3, -0.25) is 9.10 Å². The number of benzene rings is 3. The molecule has 3 aromatic carbocycles. The molecule has 218 valence electrons. The predicted molar refractivity (Wildman–Crippen MR) is 147 cm³/mol. The van der Waals surface area contributed by atoms with E-state index >= 15 is 0 Å². The van der Waals surface area contributed by atoms with E-state index in [1.54, 1.807) is 37.4 Å². The van der Waals surface area contributed by atoms with Crippen LogP contribution in [0.25, 0.3) is 0 Å². The van der Waals surface area contributed by atoms with Crippen molar-refractivity contribution in [3.63, 3.8) is 0 Å². The molecule has 1 unspecified atom stereocenters. The van der Waals surface area contributed by atoms with Gasteiger partial charge in [0.1, 0.15) is 17.6 Å². The molecule has 0 amide bonds. The van der Waals surface area contributed by atoms with Crippen LogP contribution < -0.4 is 18.7 Å². The third-order valence-electron chi connectivity index (χ3n) is 7.18. The van der Waals surface area contributed by atoms with Gasteiger partial charge in [0.2, 0.25) is 0 Å². The fourth-order valence-corrected chi connectivity index (χ4v) is 6.88. The number of carboxylic acids is 1. The molecule has 41 heavy (non-hydrogen) atoms. The molecule has 8 nitrogen and oxygen atoms in total. The second-order valence-electron chi connectivity index (χ2n) is 9.85. The van der Waals surface area contributed by atoms with E-state index in [9.17, 15) is 26.4 Å². The van der Waals surface area contributed by atoms with Gasteiger partial charge in [-0.1, -0.05) is 29.8 Å². The smallest absolute Gasteiger partial charge is 0.416 e. The number of methoxy groups -OCH3 is 1. The molecule has 0 saturated carbocycles. The molecule has 5 rings (SSSR count). The van der Waals surface area contributed by atoms with Crippen molar-refractivity contribution >= 4 is 39.0 Å². The minimum absolute atomic E-state index is 0.00382. The first-order chi connectivity index (χ1) is 19.4. The molecule has 2 aliphatic rings. The molecule has 13 heteroatoms. The van der Waals surface area contributed by atoms with E-state index < -0.39 is 38.7 Å². The number of ether oxygens (including phenoxy) is 2. The second kappa shape index (κ2) is 11.0. The van der Waals surface area contributed by atoms with Gasteiger partial charge < -0.3 is 19.5 Å². The Morgan fingerprint density at radius 3 is 2.51 bits per heavy atom. The number of carbonyl (C=O) groups is 1. The normalized spacial score (nSPS) is 17.4. The fraction of sp³-hybridized carbons (Fsp3) is 0.321. The number of hydrogen-bond donors (Lipinski definition) is 1. The van der Waals surface area contributed by atoms with Crippen LogP contribution in [-0.4, -0.2) is 52.3 Å². The summed E-state index contributed by atoms with van der Waals surface area (Å²) < 4.78 is 80.1. The van der Waals surface area contributed by atoms with Crippen LogP contribution in [0.5, 0.6) is 11.5 Å². The maximum atomic E-state index is 13.8. The molecule has 0 aliphatic carbocycles. The summed E-state index contributed by atoms with van der Waals surface area (Å²) in [7, 11) is -2.91. The van der Waals surface area contributed by atoms with Crippen molar-refractivity contribution in [2.45, 2.75) is 35.9 Å². The van der Waals surface area contributed by atoms with Gasteiger partial charge in [0.05, 0.1) is 40.5 Å². The lowest BCUT2D eigenvalue weighted by Crippen LogP contribution is -2.46. The molecule has 0 spiro atoms. The summed E-state index contributed by atoms with van der Waals surface area (Å²) in [5.74, 6) is -0.244. The molecule has 1 atom stereocenters. The molecular formula is C28H26ClF3N2O6S. The maximum absolute atomic E-state index is 13.8. The van der Waals surface area contributed by atoms with Gasteiger partial charge in [-0.05, 0) is 54.4 Å². The molecule has 1 saturated heterocycles. The molecule has 0 radical (unpaired) electrons. The zero-order valence-electron chi connectivity index (χ0n) is 21.8. The van der Waals surface area contributed by atoms with Crippen molar-refractivity contribution in [1.29, 1.82) is 0 Å². The lowest BCUT2D eigenvalue weighted by molar-refractivity contribution is -0.138. The predicted octanol–water partition coefficient (Wildman–Crippen LogP) is 5.79. The number of hydrogen-bond acceptors (Lipinski definition) is 6. The van der Waals surface area contributed by atoms with E-state index in [4.69, 9.17) is 26.2 Å². The van der Waals surface area contributed by atoms with Crippen LogP contribution in [0.4, 0.5) is 24.5 Å². The van der Waals surface area contributed by atoms with E-state index in [-0.39, 0.29) is 36.7 Å². The Hall–Kier alpha value is -3.64. The number of halogens is 4. The number of carboxylic acid groups (broad SMARTS) is 1. The highest BCUT2D eigenvalue weighted by molar-refractivity contribution is 7.92. The Bertz CT molecular complexity index is 1580. The van der Waals surface area contributed by atoms with E-state index in [2.05, 4.69) is 0 Å². The average Bonchev–Trinajstić information content (AvgIpc) is 2.91. The van der Waals surface area contributed by atoms with E-state index in [1.165, 1.54) is 0 Å². The summed E-state index contributed by atoms with van der Waals surface area (Å²) in [6.07, 6.45) is -5.79. The minimum atomic E-state index is -4.73. The number of nitrogens with zero attached hydrogens (tertiary/aromatic N) is 2. The van der Waals surface area contributed by atoms with Crippen molar-refractivity contribution in [2.75, 3.05) is 35.9 Å². The standard InChI is InChI=1S/C28H26ClF3N2O6S/c1-39-25-7-3-6-22(29)27(25)33-14-18(15-33)17-8-10-24-23(12-17)34(16-20(40-24)9-11-26(35)36)41(37,38)21-5-2-4-19(13-21)28(30,31)32/h2-8,10,12-13,18,20H,9,11,14-16H2,1H3,(H,35,36). The van der Waals surface area contributed by atoms with Gasteiger partial charge in [-0.25, -0.2) is 8.42 Å². The highest BCUT2D eigenvalue weighted by Gasteiger charge is 2.38. The third kappa shape index (κ3) is 5.76. The molecule has 0 aromatic heterocycles. The van der Waals surface area contributed by atoms with E-state index in [0.29, 0.717) is 29.9 Å². The van der Waals surface area contributed by atoms with Crippen LogP contribution in [0.15, 0.2) is 65.6 Å². The third-order valence-corrected chi connectivity index (χ3v) is 9.26. The van der Waals surface area contributed by atoms with Gasteiger partial charge in [-0.2, -0.15) is 13.2 Å². The molecule has 2 aliphatic heterocycles. The molecular weight excluding hydrogens is 585 g/mol. The zero-order chi connectivity index (χ0) is 29.5. The van der Waals surface area contributed by atoms with Crippen LogP contribution in [0.3, 0.4) is 0 Å². The van der Waals surface area contributed by atoms with Gasteiger partial charge in [0, 0.05) is 25.4 Å². The first-order valence-electron chi connectivity index (χ1n) is 12.7. The molecule has 1 N–H and O–H groups in total. The summed E-state index contributed by atoms with van der Waals surface area (Å²) >= 11 is 6.41. The van der Waals surface area contributed by atoms with Crippen LogP contribution >= 0.6 is 11.6 Å². The Morgan fingerprint density at radius 2 is 1.83 bits per heavy atom. The molecule has 1 fully saturated rings. The summed E-state index contributed by atoms with van der Waals surface area (Å²) in [5.41, 5.74) is 0.653. The number of anilines is 2. The van der Waals surface area contributed by atoms with Crippen LogP contribution in [0.2, 0.25) is 5.02 Å². The SMILES string of the molecule is COc1cccc(Cl)c1N1CC(c2ccc3c(c2)N(S(=O)(=O)c2cccc(C(F)(F)F)c2)CC(CCC(=O)O)O3)C1. The highest BCUT2D eigenvalue weighted by atomic mass is 35.5. The average molecular weight is 611 g/mol. The maximum Gasteiger partial charge on any atom is 0.416 e. The Balaban J connectivity index is 1.47. The number of para-hydroxylation sites is 1. The lowest BCUT2D eigenvalue weighted by Gasteiger charge is -2.43. The van der Waals surface area contributed by atoms with Crippen molar-refractivity contribution in [2.24, 2.45) is 0 Å². The summed E-state index contributed by atoms with van der Waals surface area (Å²) in [4.78, 5) is 12.7. The van der Waals surface area contributed by atoms with Crippen LogP contribution in [-0.2, 0) is 21.0 Å². The molecule has 3 aromatic rings. The van der Waals surface area contributed by atoms with Crippen molar-refractivity contribution in [3.05, 3.63) is 76.8 Å². The Morgan fingerprint density at radius 1 is 1.10 bits per heavy atom. The number of sulfonamides is 1. The molecule has 0 bridgehead atoms. The van der Waals surface area contributed by atoms with E-state index in [1.807, 2.05) is 11.0 Å². The van der Waals surface area contributed by atoms with Gasteiger partial charge in [-0.15, -0.1) is 0 Å². The first kappa shape index (κ1) is 28.9. The summed E-state index contributed by atoms with van der Waals surface area (Å²) in [6, 6.07) is 14.0. The van der Waals surface area contributed by atoms with Crippen LogP contribution in [0, 0.1) is 0 Å². The first-order valence-corrected chi connectivity index (χ1v) is 14.5. The largest absolute Gasteiger partial charge is 0.495 e. The summed E-state index contributed by atoms with van der Waals surface area (Å²) in [6.45, 7) is 0.888. The molecule has 2 heterocycles. The second-order valence-corrected chi connectivity index (χ2v) is 12.1. The number of alkyl halides is 3. The van der Waals surface area contributed by atoms with Crippen molar-refractivity contribution in [3.8, 4) is 11.5 Å². The monoisotopic (exact) mass is 610 g/mol.